The fraction of sp³-hybridized carbons (Fsp3) is 0.591. The van der Waals surface area contributed by atoms with Crippen molar-refractivity contribution in [2.45, 2.75) is 57.4 Å². The fourth-order valence-electron chi connectivity index (χ4n) is 7.06. The van der Waals surface area contributed by atoms with E-state index in [4.69, 9.17) is 0 Å². The molecule has 4 bridgehead atoms. The zero-order valence-corrected chi connectivity index (χ0v) is 14.7. The molecule has 25 heavy (non-hydrogen) atoms. The molecular weight excluding hydrogens is 308 g/mol. The van der Waals surface area contributed by atoms with Crippen molar-refractivity contribution >= 4 is 16.8 Å². The Bertz CT molecular complexity index is 829. The zero-order chi connectivity index (χ0) is 16.6. The van der Waals surface area contributed by atoms with Crippen molar-refractivity contribution in [1.29, 1.82) is 0 Å². The van der Waals surface area contributed by atoms with Gasteiger partial charge in [0.2, 0.25) is 5.91 Å². The van der Waals surface area contributed by atoms with E-state index < -0.39 is 0 Å². The second kappa shape index (κ2) is 4.90. The van der Waals surface area contributed by atoms with Crippen LogP contribution in [0.1, 0.15) is 49.8 Å². The summed E-state index contributed by atoms with van der Waals surface area (Å²) in [6, 6.07) is 8.83. The molecule has 0 radical (unpaired) electrons. The minimum absolute atomic E-state index is 0.0207. The molecule has 5 aliphatic carbocycles. The molecular formula is C22H26N2O. The van der Waals surface area contributed by atoms with Crippen molar-refractivity contribution in [3.05, 3.63) is 35.5 Å². The number of para-hydroxylation sites is 1. The highest BCUT2D eigenvalue weighted by Crippen LogP contribution is 2.60. The molecule has 1 aromatic carbocycles. The van der Waals surface area contributed by atoms with Crippen LogP contribution in [-0.2, 0) is 17.6 Å². The molecule has 3 nitrogen and oxygen atoms in total. The van der Waals surface area contributed by atoms with E-state index in [1.807, 2.05) is 0 Å². The van der Waals surface area contributed by atoms with Crippen molar-refractivity contribution in [1.82, 2.24) is 10.3 Å². The van der Waals surface area contributed by atoms with Crippen LogP contribution in [0.15, 0.2) is 24.3 Å². The Balaban J connectivity index is 1.22. The topological polar surface area (TPSA) is 44.9 Å². The molecule has 0 spiro atoms. The lowest BCUT2D eigenvalue weighted by Crippen LogP contribution is -2.55. The van der Waals surface area contributed by atoms with Gasteiger partial charge in [0.05, 0.1) is 0 Å². The maximum Gasteiger partial charge on any atom is 0.226 e. The third-order valence-corrected chi connectivity index (χ3v) is 7.66. The van der Waals surface area contributed by atoms with Crippen molar-refractivity contribution in [3.8, 4) is 0 Å². The Morgan fingerprint density at radius 3 is 2.40 bits per heavy atom. The predicted octanol–water partition coefficient (Wildman–Crippen LogP) is 3.97. The summed E-state index contributed by atoms with van der Waals surface area (Å²) in [5.41, 5.74) is 3.97. The summed E-state index contributed by atoms with van der Waals surface area (Å²) in [6.45, 7) is 0. The van der Waals surface area contributed by atoms with Crippen molar-refractivity contribution in [3.63, 3.8) is 0 Å². The standard InChI is InChI=1S/C22H26N2O/c25-21(22-10-13-5-14(11-22)7-15(6-13)12-22)23-16-8-18-17-3-1-2-4-19(17)24-20(18)9-16/h1-4,13-16,24H,5-12H2,(H,23,25). The van der Waals surface area contributed by atoms with Crippen LogP contribution >= 0.6 is 0 Å². The zero-order valence-electron chi connectivity index (χ0n) is 14.7. The first kappa shape index (κ1) is 14.4. The van der Waals surface area contributed by atoms with E-state index in [1.165, 1.54) is 41.4 Å². The molecule has 4 fully saturated rings. The number of nitrogens with one attached hydrogen (secondary N) is 2. The summed E-state index contributed by atoms with van der Waals surface area (Å²) in [5, 5.41) is 4.81. The number of amides is 1. The lowest BCUT2D eigenvalue weighted by molar-refractivity contribution is -0.147. The van der Waals surface area contributed by atoms with Crippen molar-refractivity contribution in [2.75, 3.05) is 0 Å². The van der Waals surface area contributed by atoms with Gasteiger partial charge in [0.1, 0.15) is 0 Å². The molecule has 1 atom stereocenters. The lowest BCUT2D eigenvalue weighted by Gasteiger charge is -2.55. The SMILES string of the molecule is O=C(NC1Cc2[nH]c3ccccc3c2C1)C12CC3CC(CC(C3)C1)C2. The maximum absolute atomic E-state index is 13.3. The van der Waals surface area contributed by atoms with Crippen molar-refractivity contribution in [2.24, 2.45) is 23.2 Å². The third-order valence-electron chi connectivity index (χ3n) is 7.66. The highest BCUT2D eigenvalue weighted by atomic mass is 16.2. The smallest absolute Gasteiger partial charge is 0.226 e. The van der Waals surface area contributed by atoms with Gasteiger partial charge >= 0.3 is 0 Å². The Kier molecular flexibility index (Phi) is 2.82. The molecule has 5 aliphatic rings. The van der Waals surface area contributed by atoms with Gasteiger partial charge < -0.3 is 10.3 Å². The number of fused-ring (bicyclic) bond motifs is 3. The molecule has 130 valence electrons. The average Bonchev–Trinajstić information content (AvgIpc) is 3.10. The maximum atomic E-state index is 13.3. The number of hydrogen-bond donors (Lipinski definition) is 2. The number of benzene rings is 1. The molecule has 0 saturated heterocycles. The molecule has 1 aromatic heterocycles. The summed E-state index contributed by atoms with van der Waals surface area (Å²) >= 11 is 0. The predicted molar refractivity (Wildman–Crippen MR) is 98.2 cm³/mol. The van der Waals surface area contributed by atoms with E-state index in [1.54, 1.807) is 0 Å². The van der Waals surface area contributed by atoms with Crippen LogP contribution in [0.3, 0.4) is 0 Å². The summed E-state index contributed by atoms with van der Waals surface area (Å²) in [7, 11) is 0. The second-order valence-electron chi connectivity index (χ2n) is 9.40. The van der Waals surface area contributed by atoms with Gasteiger partial charge in [0, 0.05) is 34.5 Å². The van der Waals surface area contributed by atoms with Crippen LogP contribution in [0.5, 0.6) is 0 Å². The van der Waals surface area contributed by atoms with Crippen LogP contribution in [-0.4, -0.2) is 16.9 Å². The van der Waals surface area contributed by atoms with Crippen LogP contribution in [0.25, 0.3) is 10.9 Å². The number of aromatic amines is 1. The van der Waals surface area contributed by atoms with Gasteiger partial charge in [-0.25, -0.2) is 0 Å². The van der Waals surface area contributed by atoms with E-state index in [2.05, 4.69) is 34.6 Å². The Morgan fingerprint density at radius 2 is 1.68 bits per heavy atom. The summed E-state index contributed by atoms with van der Waals surface area (Å²) < 4.78 is 0. The van der Waals surface area contributed by atoms with E-state index in [0.29, 0.717) is 5.91 Å². The van der Waals surface area contributed by atoms with Gasteiger partial charge in [-0.3, -0.25) is 4.79 Å². The highest BCUT2D eigenvalue weighted by molar-refractivity contribution is 5.86. The molecule has 0 aliphatic heterocycles. The first-order valence-corrected chi connectivity index (χ1v) is 10.1. The number of hydrogen-bond acceptors (Lipinski definition) is 1. The highest BCUT2D eigenvalue weighted by Gasteiger charge is 2.54. The van der Waals surface area contributed by atoms with Crippen LogP contribution < -0.4 is 5.32 Å². The monoisotopic (exact) mass is 334 g/mol. The first-order valence-electron chi connectivity index (χ1n) is 10.1. The van der Waals surface area contributed by atoms with Crippen LogP contribution in [0, 0.1) is 23.2 Å². The number of carbonyl (C=O) groups is 1. The Hall–Kier alpha value is -1.77. The average molecular weight is 334 g/mol. The molecule has 7 rings (SSSR count). The van der Waals surface area contributed by atoms with E-state index in [9.17, 15) is 4.79 Å². The summed E-state index contributed by atoms with van der Waals surface area (Å²) in [5.74, 6) is 2.87. The van der Waals surface area contributed by atoms with Gasteiger partial charge in [-0.05, 0) is 74.3 Å². The van der Waals surface area contributed by atoms with Gasteiger partial charge in [-0.2, -0.15) is 0 Å². The molecule has 2 N–H and O–H groups in total. The number of carbonyl (C=O) groups excluding carboxylic acids is 1. The van der Waals surface area contributed by atoms with Gasteiger partial charge in [0.15, 0.2) is 0 Å². The second-order valence-corrected chi connectivity index (χ2v) is 9.40. The minimum atomic E-state index is -0.0207. The largest absolute Gasteiger partial charge is 0.358 e. The van der Waals surface area contributed by atoms with Gasteiger partial charge in [0.25, 0.3) is 0 Å². The quantitative estimate of drug-likeness (QED) is 0.857. The van der Waals surface area contributed by atoms with Crippen LogP contribution in [0.4, 0.5) is 0 Å². The third kappa shape index (κ3) is 2.07. The number of aromatic nitrogens is 1. The summed E-state index contributed by atoms with van der Waals surface area (Å²) in [6.07, 6.45) is 9.61. The van der Waals surface area contributed by atoms with Crippen LogP contribution in [0.2, 0.25) is 0 Å². The minimum Gasteiger partial charge on any atom is -0.358 e. The van der Waals surface area contributed by atoms with E-state index >= 15 is 0 Å². The van der Waals surface area contributed by atoms with E-state index in [-0.39, 0.29) is 11.5 Å². The van der Waals surface area contributed by atoms with Gasteiger partial charge in [-0.1, -0.05) is 18.2 Å². The number of rotatable bonds is 2. The molecule has 1 amide bonds. The molecule has 1 heterocycles. The molecule has 4 saturated carbocycles. The molecule has 3 heteroatoms. The molecule has 1 unspecified atom stereocenters. The number of H-pyrrole nitrogens is 1. The lowest BCUT2D eigenvalue weighted by atomic mass is 9.49. The Labute approximate surface area is 148 Å². The Morgan fingerprint density at radius 1 is 1.00 bits per heavy atom. The fourth-order valence-corrected chi connectivity index (χ4v) is 7.06. The van der Waals surface area contributed by atoms with E-state index in [0.717, 1.165) is 49.9 Å². The normalized spacial score (nSPS) is 38.2. The van der Waals surface area contributed by atoms with Crippen molar-refractivity contribution < 1.29 is 4.79 Å². The molecule has 2 aromatic rings. The first-order chi connectivity index (χ1) is 12.2. The van der Waals surface area contributed by atoms with Gasteiger partial charge in [-0.15, -0.1) is 0 Å². The summed E-state index contributed by atoms with van der Waals surface area (Å²) in [4.78, 5) is 16.8.